The van der Waals surface area contributed by atoms with Crippen LogP contribution in [-0.4, -0.2) is 17.0 Å². The molecule has 1 N–H and O–H groups in total. The predicted molar refractivity (Wildman–Crippen MR) is 104 cm³/mol. The van der Waals surface area contributed by atoms with Gasteiger partial charge in [-0.2, -0.15) is 0 Å². The van der Waals surface area contributed by atoms with Gasteiger partial charge in [-0.05, 0) is 118 Å². The summed E-state index contributed by atoms with van der Waals surface area (Å²) in [7, 11) is 0. The molecule has 5 aliphatic carbocycles. The van der Waals surface area contributed by atoms with Gasteiger partial charge in [-0.15, -0.1) is 0 Å². The van der Waals surface area contributed by atoms with Crippen molar-refractivity contribution in [1.82, 2.24) is 0 Å². The first kappa shape index (κ1) is 17.7. The Labute approximate surface area is 159 Å². The Morgan fingerprint density at radius 1 is 0.885 bits per heavy atom. The average molecular weight is 359 g/mol. The highest BCUT2D eigenvalue weighted by Gasteiger charge is 2.63. The summed E-state index contributed by atoms with van der Waals surface area (Å²) >= 11 is 0. The molecule has 0 amide bonds. The van der Waals surface area contributed by atoms with Crippen LogP contribution in [0.3, 0.4) is 0 Å². The average Bonchev–Trinajstić information content (AvgIpc) is 3.02. The summed E-state index contributed by atoms with van der Waals surface area (Å²) in [6.45, 7) is 4.45. The van der Waals surface area contributed by atoms with E-state index in [2.05, 4.69) is 6.92 Å². The smallest absolute Gasteiger partial charge is 0.133 e. The van der Waals surface area contributed by atoms with E-state index in [9.17, 15) is 9.90 Å². The molecule has 2 heteroatoms. The molecule has 5 rings (SSSR count). The van der Waals surface area contributed by atoms with Gasteiger partial charge in [0.05, 0.1) is 6.10 Å². The van der Waals surface area contributed by atoms with Crippen molar-refractivity contribution >= 4 is 5.78 Å². The highest BCUT2D eigenvalue weighted by atomic mass is 16.3. The first-order chi connectivity index (χ1) is 12.5. The lowest BCUT2D eigenvalue weighted by atomic mass is 9.43. The van der Waals surface area contributed by atoms with Crippen LogP contribution in [0.25, 0.3) is 0 Å². The number of fused-ring (bicyclic) bond motifs is 4. The van der Waals surface area contributed by atoms with E-state index >= 15 is 0 Å². The first-order valence-corrected chi connectivity index (χ1v) is 11.6. The van der Waals surface area contributed by atoms with Gasteiger partial charge >= 0.3 is 0 Å². The minimum Gasteiger partial charge on any atom is -0.393 e. The summed E-state index contributed by atoms with van der Waals surface area (Å²) < 4.78 is 0. The van der Waals surface area contributed by atoms with E-state index in [1.807, 2.05) is 6.92 Å². The van der Waals surface area contributed by atoms with Gasteiger partial charge in [-0.25, -0.2) is 0 Å². The van der Waals surface area contributed by atoms with Crippen molar-refractivity contribution < 1.29 is 9.90 Å². The molecule has 9 atom stereocenters. The van der Waals surface area contributed by atoms with Gasteiger partial charge in [0.25, 0.3) is 0 Å². The highest BCUT2D eigenvalue weighted by molar-refractivity contribution is 5.78. The topological polar surface area (TPSA) is 37.3 Å². The maximum absolute atomic E-state index is 12.3. The van der Waals surface area contributed by atoms with Crippen LogP contribution < -0.4 is 0 Å². The zero-order valence-electron chi connectivity index (χ0n) is 16.9. The Morgan fingerprint density at radius 3 is 2.50 bits per heavy atom. The molecule has 0 saturated heterocycles. The normalized spacial score (nSPS) is 56.0. The van der Waals surface area contributed by atoms with Crippen molar-refractivity contribution in [3.8, 4) is 0 Å². The number of hydrogen-bond donors (Lipinski definition) is 1. The Balaban J connectivity index is 1.44. The molecule has 5 unspecified atom stereocenters. The van der Waals surface area contributed by atoms with Crippen LogP contribution in [0.1, 0.15) is 90.9 Å². The predicted octanol–water partition coefficient (Wildman–Crippen LogP) is 5.38. The van der Waals surface area contributed by atoms with Crippen molar-refractivity contribution in [3.05, 3.63) is 0 Å². The Hall–Kier alpha value is -0.370. The molecular weight excluding hydrogens is 320 g/mol. The molecule has 0 aliphatic heterocycles. The Kier molecular flexibility index (Phi) is 4.13. The van der Waals surface area contributed by atoms with Gasteiger partial charge in [0.15, 0.2) is 0 Å². The SMILES string of the molecule is CC(=O)[C@@H]1CCCC23CCC4C(CC[C@H]5C[C@H](O)CC[C@]45C)C2CCC13. The molecule has 1 spiro atoms. The van der Waals surface area contributed by atoms with Crippen molar-refractivity contribution in [2.45, 2.75) is 97.0 Å². The van der Waals surface area contributed by atoms with Crippen LogP contribution in [0.5, 0.6) is 0 Å². The summed E-state index contributed by atoms with van der Waals surface area (Å²) in [5.74, 6) is 5.03. The van der Waals surface area contributed by atoms with E-state index in [1.54, 1.807) is 0 Å². The monoisotopic (exact) mass is 358 g/mol. The number of rotatable bonds is 1. The largest absolute Gasteiger partial charge is 0.393 e. The third-order valence-electron chi connectivity index (χ3n) is 10.6. The molecule has 146 valence electrons. The Bertz CT molecular complexity index is 585. The van der Waals surface area contributed by atoms with Gasteiger partial charge in [-0.1, -0.05) is 13.3 Å². The van der Waals surface area contributed by atoms with E-state index in [0.717, 1.165) is 36.5 Å². The van der Waals surface area contributed by atoms with Crippen molar-refractivity contribution in [3.63, 3.8) is 0 Å². The van der Waals surface area contributed by atoms with E-state index in [1.165, 1.54) is 64.2 Å². The highest BCUT2D eigenvalue weighted by Crippen LogP contribution is 2.70. The van der Waals surface area contributed by atoms with E-state index in [4.69, 9.17) is 0 Å². The standard InChI is InChI=1S/C24H38O2/c1-15(25)18-4-3-11-24-13-10-20-19(22(24)8-7-21(18)24)6-5-16-14-17(26)9-12-23(16,20)2/h16-22,26H,3-14H2,1-2H3/t16-,17+,18-,19?,20?,21?,22?,23-,24?/m0/s1. The number of ketones is 1. The molecule has 5 saturated carbocycles. The second-order valence-electron chi connectivity index (χ2n) is 11.2. The van der Waals surface area contributed by atoms with E-state index < -0.39 is 0 Å². The molecule has 5 aliphatic rings. The minimum absolute atomic E-state index is 0.0370. The van der Waals surface area contributed by atoms with Crippen LogP contribution >= 0.6 is 0 Å². The lowest BCUT2D eigenvalue weighted by molar-refractivity contribution is -0.147. The van der Waals surface area contributed by atoms with Crippen LogP contribution in [-0.2, 0) is 4.79 Å². The second kappa shape index (κ2) is 6.06. The van der Waals surface area contributed by atoms with Gasteiger partial charge in [0.2, 0.25) is 0 Å². The number of aliphatic hydroxyl groups excluding tert-OH is 1. The molecule has 5 fully saturated rings. The quantitative estimate of drug-likeness (QED) is 0.683. The van der Waals surface area contributed by atoms with Crippen LogP contribution in [0.2, 0.25) is 0 Å². The molecule has 0 heterocycles. The number of carbonyl (C=O) groups is 1. The van der Waals surface area contributed by atoms with Crippen molar-refractivity contribution in [2.24, 2.45) is 46.3 Å². The molecule has 0 aromatic carbocycles. The molecule has 0 aromatic heterocycles. The second-order valence-corrected chi connectivity index (χ2v) is 11.2. The fraction of sp³-hybridized carbons (Fsp3) is 0.958. The number of aliphatic hydroxyl groups is 1. The summed E-state index contributed by atoms with van der Waals surface area (Å²) in [5, 5.41) is 10.2. The summed E-state index contributed by atoms with van der Waals surface area (Å²) in [4.78, 5) is 12.3. The van der Waals surface area contributed by atoms with Crippen molar-refractivity contribution in [2.75, 3.05) is 0 Å². The maximum Gasteiger partial charge on any atom is 0.133 e. The molecular formula is C24H38O2. The zero-order valence-corrected chi connectivity index (χ0v) is 16.9. The lowest BCUT2D eigenvalue weighted by Gasteiger charge is -2.62. The molecule has 0 bridgehead atoms. The fourth-order valence-electron chi connectivity index (χ4n) is 9.52. The lowest BCUT2D eigenvalue weighted by Crippen LogP contribution is -2.55. The zero-order chi connectivity index (χ0) is 18.1. The first-order valence-electron chi connectivity index (χ1n) is 11.6. The summed E-state index contributed by atoms with van der Waals surface area (Å²) in [6, 6.07) is 0. The Morgan fingerprint density at radius 2 is 1.69 bits per heavy atom. The third kappa shape index (κ3) is 2.29. The maximum atomic E-state index is 12.3. The van der Waals surface area contributed by atoms with E-state index in [0.29, 0.717) is 28.4 Å². The van der Waals surface area contributed by atoms with Gasteiger partial charge in [0.1, 0.15) is 5.78 Å². The molecule has 0 aromatic rings. The molecule has 26 heavy (non-hydrogen) atoms. The third-order valence-corrected chi connectivity index (χ3v) is 10.6. The van der Waals surface area contributed by atoms with Crippen LogP contribution in [0.15, 0.2) is 0 Å². The molecule has 0 radical (unpaired) electrons. The summed E-state index contributed by atoms with van der Waals surface area (Å²) in [5.41, 5.74) is 1.00. The minimum atomic E-state index is -0.0370. The van der Waals surface area contributed by atoms with Crippen LogP contribution in [0, 0.1) is 46.3 Å². The van der Waals surface area contributed by atoms with Gasteiger partial charge < -0.3 is 5.11 Å². The molecule has 2 nitrogen and oxygen atoms in total. The number of carbonyl (C=O) groups excluding carboxylic acids is 1. The van der Waals surface area contributed by atoms with Crippen LogP contribution in [0.4, 0.5) is 0 Å². The number of Topliss-reactive ketones (excluding diaryl/α,β-unsaturated/α-hetero) is 1. The fourth-order valence-corrected chi connectivity index (χ4v) is 9.52. The van der Waals surface area contributed by atoms with Gasteiger partial charge in [0, 0.05) is 5.92 Å². The van der Waals surface area contributed by atoms with E-state index in [-0.39, 0.29) is 6.10 Å². The van der Waals surface area contributed by atoms with Gasteiger partial charge in [-0.3, -0.25) is 4.79 Å². The number of hydrogen-bond acceptors (Lipinski definition) is 2. The van der Waals surface area contributed by atoms with Crippen molar-refractivity contribution in [1.29, 1.82) is 0 Å². The summed E-state index contributed by atoms with van der Waals surface area (Å²) in [6.07, 6.45) is 15.5.